The molecule has 296 valence electrons. The van der Waals surface area contributed by atoms with Crippen molar-refractivity contribution in [3.8, 4) is 11.6 Å². The Balaban J connectivity index is 0.000000177. The average molecular weight is 840 g/mol. The standard InChI is InChI=1S/C20H20ClN7O.C19H16ClN5O3S/c1-12-9-17(27(4)24-12)28-16(18(29)14-7-5-6-8-15(14)21)10-13-11-22-20(23-19(13)28)25-26(2)3;1-11-8-16(24(2)23-11)25-15(17(26)13-6-4-5-7-14(13)20)9-12-10-21-19(22-18(12)25)29-28-27-3/h5-11H,1-4H3,(H,22,23,25);4-10H,1-3H3. The molecule has 6 heterocycles. The summed E-state index contributed by atoms with van der Waals surface area (Å²) >= 11 is 13.4. The number of hydrogen-bond donors (Lipinski definition) is 1. The lowest BCUT2D eigenvalue weighted by molar-refractivity contribution is -0.160. The molecule has 0 aliphatic carbocycles. The molecule has 0 saturated heterocycles. The number of nitrogens with one attached hydrogen (secondary N) is 1. The number of rotatable bonds is 11. The van der Waals surface area contributed by atoms with E-state index in [4.69, 9.17) is 27.5 Å². The number of halogens is 2. The minimum absolute atomic E-state index is 0.199. The van der Waals surface area contributed by atoms with Crippen LogP contribution in [-0.4, -0.2) is 86.4 Å². The zero-order chi connectivity index (χ0) is 41.2. The Morgan fingerprint density at radius 1 is 0.724 bits per heavy atom. The third-order valence-corrected chi connectivity index (χ3v) is 9.88. The van der Waals surface area contributed by atoms with Gasteiger partial charge in [-0.3, -0.25) is 33.5 Å². The van der Waals surface area contributed by atoms with Gasteiger partial charge in [-0.2, -0.15) is 19.5 Å². The third kappa shape index (κ3) is 8.08. The highest BCUT2D eigenvalue weighted by Crippen LogP contribution is 2.30. The van der Waals surface area contributed by atoms with Crippen LogP contribution >= 0.6 is 35.2 Å². The molecule has 0 bridgehead atoms. The molecule has 8 aromatic rings. The van der Waals surface area contributed by atoms with Crippen LogP contribution in [0.15, 0.2) is 90.3 Å². The van der Waals surface area contributed by atoms with Crippen LogP contribution in [0.3, 0.4) is 0 Å². The molecule has 0 fully saturated rings. The van der Waals surface area contributed by atoms with Crippen molar-refractivity contribution in [1.82, 2.24) is 53.6 Å². The van der Waals surface area contributed by atoms with Crippen molar-refractivity contribution in [3.05, 3.63) is 129 Å². The molecular formula is C39H36Cl2N12O4S. The van der Waals surface area contributed by atoms with Crippen LogP contribution in [0.2, 0.25) is 10.0 Å². The predicted molar refractivity (Wildman–Crippen MR) is 222 cm³/mol. The molecule has 2 aromatic carbocycles. The second-order valence-corrected chi connectivity index (χ2v) is 14.6. The second-order valence-electron chi connectivity index (χ2n) is 13.1. The Kier molecular flexibility index (Phi) is 11.7. The van der Waals surface area contributed by atoms with Gasteiger partial charge in [-0.25, -0.2) is 24.8 Å². The number of aromatic nitrogens is 10. The second kappa shape index (κ2) is 16.9. The Morgan fingerprint density at radius 3 is 1.66 bits per heavy atom. The number of benzene rings is 2. The van der Waals surface area contributed by atoms with Crippen LogP contribution in [-0.2, 0) is 23.3 Å². The number of carbonyl (C=O) groups excluding carboxylic acids is 2. The zero-order valence-electron chi connectivity index (χ0n) is 32.3. The molecule has 6 aromatic heterocycles. The predicted octanol–water partition coefficient (Wildman–Crippen LogP) is 7.17. The van der Waals surface area contributed by atoms with Gasteiger partial charge in [0.1, 0.15) is 23.7 Å². The first-order chi connectivity index (χ1) is 27.8. The van der Waals surface area contributed by atoms with Crippen molar-refractivity contribution >= 4 is 74.8 Å². The van der Waals surface area contributed by atoms with Crippen LogP contribution in [0.5, 0.6) is 0 Å². The Hall–Kier alpha value is -5.95. The largest absolute Gasteiger partial charge is 0.287 e. The quantitative estimate of drug-likeness (QED) is 0.0459. The molecule has 0 unspecified atom stereocenters. The Bertz CT molecular complexity index is 2830. The van der Waals surface area contributed by atoms with E-state index in [9.17, 15) is 9.59 Å². The van der Waals surface area contributed by atoms with Gasteiger partial charge in [0, 0.05) is 74.6 Å². The van der Waals surface area contributed by atoms with Gasteiger partial charge in [-0.15, -0.1) is 0 Å². The number of hydrazine groups is 1. The van der Waals surface area contributed by atoms with E-state index in [-0.39, 0.29) is 11.6 Å². The van der Waals surface area contributed by atoms with Gasteiger partial charge in [0.05, 0.1) is 39.9 Å². The highest BCUT2D eigenvalue weighted by molar-refractivity contribution is 7.94. The summed E-state index contributed by atoms with van der Waals surface area (Å²) in [6, 6.07) is 21.3. The monoisotopic (exact) mass is 838 g/mol. The summed E-state index contributed by atoms with van der Waals surface area (Å²) in [7, 11) is 8.74. The lowest BCUT2D eigenvalue weighted by Crippen LogP contribution is -2.21. The summed E-state index contributed by atoms with van der Waals surface area (Å²) in [5, 5.41) is 13.1. The molecule has 0 spiro atoms. The topological polar surface area (TPSA) is 165 Å². The van der Waals surface area contributed by atoms with Crippen LogP contribution in [0, 0.1) is 13.8 Å². The maximum atomic E-state index is 13.4. The first kappa shape index (κ1) is 40.3. The molecule has 0 amide bonds. The molecule has 0 radical (unpaired) electrons. The number of nitrogens with zero attached hydrogens (tertiary/aromatic N) is 11. The van der Waals surface area contributed by atoms with Gasteiger partial charge < -0.3 is 0 Å². The molecule has 0 aliphatic rings. The van der Waals surface area contributed by atoms with Crippen LogP contribution in [0.1, 0.15) is 43.5 Å². The van der Waals surface area contributed by atoms with Crippen molar-refractivity contribution < 1.29 is 18.8 Å². The number of ketones is 2. The van der Waals surface area contributed by atoms with Crippen molar-refractivity contribution in [2.75, 3.05) is 26.6 Å². The van der Waals surface area contributed by atoms with Crippen molar-refractivity contribution in [3.63, 3.8) is 0 Å². The van der Waals surface area contributed by atoms with Crippen molar-refractivity contribution in [2.24, 2.45) is 14.1 Å². The highest BCUT2D eigenvalue weighted by atomic mass is 35.5. The van der Waals surface area contributed by atoms with Gasteiger partial charge in [-0.1, -0.05) is 47.5 Å². The van der Waals surface area contributed by atoms with Gasteiger partial charge >= 0.3 is 0 Å². The van der Waals surface area contributed by atoms with Crippen LogP contribution in [0.4, 0.5) is 5.95 Å². The summed E-state index contributed by atoms with van der Waals surface area (Å²) in [4.78, 5) is 49.1. The summed E-state index contributed by atoms with van der Waals surface area (Å²) in [5.74, 6) is 1.42. The summed E-state index contributed by atoms with van der Waals surface area (Å²) in [5.41, 5.74) is 7.51. The average Bonchev–Trinajstić information content (AvgIpc) is 3.94. The van der Waals surface area contributed by atoms with E-state index >= 15 is 0 Å². The Labute approximate surface area is 346 Å². The lowest BCUT2D eigenvalue weighted by atomic mass is 10.1. The van der Waals surface area contributed by atoms with Gasteiger partial charge in [0.15, 0.2) is 11.3 Å². The molecule has 58 heavy (non-hydrogen) atoms. The van der Waals surface area contributed by atoms with E-state index in [0.717, 1.165) is 34.6 Å². The molecule has 0 aliphatic heterocycles. The molecule has 0 saturated carbocycles. The molecule has 8 rings (SSSR count). The number of anilines is 1. The molecule has 1 N–H and O–H groups in total. The fourth-order valence-corrected chi connectivity index (χ4v) is 7.09. The first-order valence-corrected chi connectivity index (χ1v) is 19.0. The fourth-order valence-electron chi connectivity index (χ4n) is 6.30. The highest BCUT2D eigenvalue weighted by Gasteiger charge is 2.25. The number of hydrogen-bond acceptors (Lipinski definition) is 13. The van der Waals surface area contributed by atoms with Gasteiger partial charge in [0.25, 0.3) is 0 Å². The number of carbonyl (C=O) groups is 2. The normalized spacial score (nSPS) is 11.3. The SMILES string of the molecule is COOSc1ncc2cc(C(=O)c3ccccc3Cl)n(-c3cc(C)nn3C)c2n1.Cc1cc(-n2c(C(=O)c3ccccc3Cl)cc3cnc(NN(C)C)nc32)n(C)n1. The fraction of sp³-hybridized carbons (Fsp3) is 0.179. The maximum absolute atomic E-state index is 13.4. The molecule has 16 nitrogen and oxygen atoms in total. The third-order valence-electron chi connectivity index (χ3n) is 8.67. The minimum Gasteiger partial charge on any atom is -0.287 e. The Morgan fingerprint density at radius 2 is 1.21 bits per heavy atom. The van der Waals surface area contributed by atoms with E-state index in [1.165, 1.54) is 7.11 Å². The smallest absolute Gasteiger partial charge is 0.239 e. The van der Waals surface area contributed by atoms with Crippen molar-refractivity contribution in [2.45, 2.75) is 19.0 Å². The first-order valence-electron chi connectivity index (χ1n) is 17.5. The van der Waals surface area contributed by atoms with Crippen LogP contribution < -0.4 is 5.43 Å². The van der Waals surface area contributed by atoms with E-state index in [1.807, 2.05) is 54.2 Å². The van der Waals surface area contributed by atoms with Gasteiger partial charge in [-0.05, 0) is 50.2 Å². The molecule has 0 atom stereocenters. The van der Waals surface area contributed by atoms with E-state index in [2.05, 4.69) is 40.4 Å². The maximum Gasteiger partial charge on any atom is 0.239 e. The summed E-state index contributed by atoms with van der Waals surface area (Å²) in [6.45, 7) is 3.78. The number of aryl methyl sites for hydroxylation is 4. The van der Waals surface area contributed by atoms with Crippen LogP contribution in [0.25, 0.3) is 33.7 Å². The zero-order valence-corrected chi connectivity index (χ0v) is 34.6. The molecule has 19 heteroatoms. The van der Waals surface area contributed by atoms with Gasteiger partial charge in [0.2, 0.25) is 22.7 Å². The van der Waals surface area contributed by atoms with E-state index < -0.39 is 0 Å². The van der Waals surface area contributed by atoms with E-state index in [0.29, 0.717) is 66.2 Å². The summed E-state index contributed by atoms with van der Waals surface area (Å²) < 4.78 is 11.8. The lowest BCUT2D eigenvalue weighted by Gasteiger charge is -2.13. The molecular weight excluding hydrogens is 803 g/mol. The number of fused-ring (bicyclic) bond motifs is 2. The van der Waals surface area contributed by atoms with Crippen molar-refractivity contribution in [1.29, 1.82) is 0 Å². The van der Waals surface area contributed by atoms with E-state index in [1.54, 1.807) is 96.6 Å². The minimum atomic E-state index is -0.227. The summed E-state index contributed by atoms with van der Waals surface area (Å²) in [6.07, 6.45) is 3.32.